The highest BCUT2D eigenvalue weighted by Gasteiger charge is 2.35. The minimum Gasteiger partial charge on any atom is -0.481 e. The maximum absolute atomic E-state index is 13.6. The lowest BCUT2D eigenvalue weighted by atomic mass is 10.2. The molecule has 12 nitrogen and oxygen atoms in total. The molecule has 2 heterocycles. The van der Waals surface area contributed by atoms with Crippen molar-refractivity contribution in [2.24, 2.45) is 0 Å². The summed E-state index contributed by atoms with van der Waals surface area (Å²) in [4.78, 5) is 67.3. The first-order chi connectivity index (χ1) is 19.5. The largest absolute Gasteiger partial charge is 0.481 e. The van der Waals surface area contributed by atoms with Gasteiger partial charge in [-0.15, -0.1) is 0 Å². The van der Waals surface area contributed by atoms with E-state index in [0.29, 0.717) is 55.7 Å². The second kappa shape index (κ2) is 15.4. The van der Waals surface area contributed by atoms with Gasteiger partial charge >= 0.3 is 13.6 Å². The van der Waals surface area contributed by atoms with Gasteiger partial charge in [0.15, 0.2) is 5.69 Å². The van der Waals surface area contributed by atoms with Crippen molar-refractivity contribution >= 4 is 41.7 Å². The predicted molar refractivity (Wildman–Crippen MR) is 158 cm³/mol. The Hall–Kier alpha value is -2.83. The molecule has 0 bridgehead atoms. The summed E-state index contributed by atoms with van der Waals surface area (Å²) in [6.07, 6.45) is 2.47. The van der Waals surface area contributed by atoms with E-state index < -0.39 is 37.6 Å². The number of unbranched alkanes of at least 4 members (excludes halogenated alkanes) is 2. The molecule has 0 aliphatic carbocycles. The molecule has 41 heavy (non-hydrogen) atoms. The fourth-order valence-corrected chi connectivity index (χ4v) is 6.37. The minimum atomic E-state index is -4.65. The first-order valence-corrected chi connectivity index (χ1v) is 16.5. The van der Waals surface area contributed by atoms with Crippen LogP contribution in [0.3, 0.4) is 0 Å². The second-order valence-corrected chi connectivity index (χ2v) is 12.9. The number of amides is 2. The van der Waals surface area contributed by atoms with E-state index in [9.17, 15) is 28.7 Å². The van der Waals surface area contributed by atoms with Crippen LogP contribution in [0.25, 0.3) is 10.6 Å². The van der Waals surface area contributed by atoms with Gasteiger partial charge in [-0.05, 0) is 25.8 Å². The van der Waals surface area contributed by atoms with Gasteiger partial charge in [0.25, 0.3) is 5.91 Å². The number of hydrogen-bond donors (Lipinski definition) is 4. The van der Waals surface area contributed by atoms with Crippen LogP contribution in [0.2, 0.25) is 0 Å². The number of carbonyl (C=O) groups is 3. The Balaban J connectivity index is 1.74. The number of thiazole rings is 1. The molecule has 0 unspecified atom stereocenters. The summed E-state index contributed by atoms with van der Waals surface area (Å²) in [7, 11) is -2.78. The minimum absolute atomic E-state index is 0.113. The zero-order chi connectivity index (χ0) is 30.0. The Morgan fingerprint density at radius 3 is 2.39 bits per heavy atom. The molecule has 1 aliphatic rings. The Kier molecular flexibility index (Phi) is 12.3. The smallest absolute Gasteiger partial charge is 0.328 e. The maximum atomic E-state index is 13.6. The number of piperazine rings is 1. The SMILES string of the molecule is CCCCN(C)c1sc(-c2ccccc2)nc1C(=O)N[C@@H](CP(=O)(O)O)C(=O)N1CCN(CCCCC(=O)O)CC1. The molecule has 14 heteroatoms. The van der Waals surface area contributed by atoms with Gasteiger partial charge in [-0.25, -0.2) is 4.98 Å². The highest BCUT2D eigenvalue weighted by atomic mass is 32.1. The molecular weight excluding hydrogens is 569 g/mol. The van der Waals surface area contributed by atoms with E-state index in [-0.39, 0.29) is 12.1 Å². The highest BCUT2D eigenvalue weighted by molar-refractivity contribution is 7.51. The van der Waals surface area contributed by atoms with Gasteiger partial charge in [0.2, 0.25) is 5.91 Å². The number of aromatic nitrogens is 1. The Bertz CT molecular complexity index is 1210. The normalized spacial score (nSPS) is 15.0. The van der Waals surface area contributed by atoms with Crippen molar-refractivity contribution in [1.29, 1.82) is 0 Å². The molecule has 1 aromatic carbocycles. The zero-order valence-electron chi connectivity index (χ0n) is 23.6. The third-order valence-corrected chi connectivity index (χ3v) is 8.92. The number of rotatable bonds is 15. The van der Waals surface area contributed by atoms with Crippen LogP contribution in [0.15, 0.2) is 30.3 Å². The average Bonchev–Trinajstić information content (AvgIpc) is 3.39. The first kappa shape index (κ1) is 32.7. The van der Waals surface area contributed by atoms with Gasteiger partial charge in [-0.1, -0.05) is 55.0 Å². The highest BCUT2D eigenvalue weighted by Crippen LogP contribution is 2.37. The molecule has 4 N–H and O–H groups in total. The molecule has 1 atom stereocenters. The van der Waals surface area contributed by atoms with Gasteiger partial charge in [-0.2, -0.15) is 0 Å². The van der Waals surface area contributed by atoms with Crippen LogP contribution in [-0.4, -0.2) is 106 Å². The molecule has 0 spiro atoms. The molecule has 1 aromatic heterocycles. The van der Waals surface area contributed by atoms with Gasteiger partial charge in [0.05, 0.1) is 6.16 Å². The van der Waals surface area contributed by atoms with Crippen molar-refractivity contribution in [2.75, 3.05) is 57.4 Å². The second-order valence-electron chi connectivity index (χ2n) is 10.2. The molecule has 1 fully saturated rings. The van der Waals surface area contributed by atoms with Gasteiger partial charge in [-0.3, -0.25) is 23.8 Å². The Morgan fingerprint density at radius 2 is 1.78 bits per heavy atom. The lowest BCUT2D eigenvalue weighted by Crippen LogP contribution is -2.56. The fourth-order valence-electron chi connectivity index (χ4n) is 4.59. The summed E-state index contributed by atoms with van der Waals surface area (Å²) < 4.78 is 12.0. The fraction of sp³-hybridized carbons (Fsp3) is 0.556. The standard InChI is InChI=1S/C27H40N5O7PS/c1-3-4-13-30(2)27-23(29-25(41-27)20-10-6-5-7-11-20)24(35)28-21(19-40(37,38)39)26(36)32-17-15-31(16-18-32)14-9-8-12-22(33)34/h5-7,10-11,21H,3-4,8-9,12-19H2,1-2H3,(H,28,35)(H,33,34)(H2,37,38,39)/t21-/m0/s1. The lowest BCUT2D eigenvalue weighted by molar-refractivity contribution is -0.137. The van der Waals surface area contributed by atoms with Crippen molar-refractivity contribution in [3.8, 4) is 10.6 Å². The third-order valence-electron chi connectivity index (χ3n) is 6.86. The number of nitrogens with one attached hydrogen (secondary N) is 1. The summed E-state index contributed by atoms with van der Waals surface area (Å²) in [6.45, 7) is 5.25. The van der Waals surface area contributed by atoms with Gasteiger partial charge < -0.3 is 30.0 Å². The first-order valence-electron chi connectivity index (χ1n) is 13.8. The molecular formula is C27H40N5O7PS. The maximum Gasteiger partial charge on any atom is 0.328 e. The monoisotopic (exact) mass is 609 g/mol. The van der Waals surface area contributed by atoms with E-state index in [1.807, 2.05) is 42.3 Å². The van der Waals surface area contributed by atoms with E-state index >= 15 is 0 Å². The van der Waals surface area contributed by atoms with Crippen LogP contribution in [0.1, 0.15) is 49.5 Å². The molecule has 1 aliphatic heterocycles. The van der Waals surface area contributed by atoms with Crippen molar-refractivity contribution in [3.05, 3.63) is 36.0 Å². The summed E-state index contributed by atoms with van der Waals surface area (Å²) in [5.41, 5.74) is 0.951. The van der Waals surface area contributed by atoms with E-state index in [1.165, 1.54) is 16.2 Å². The summed E-state index contributed by atoms with van der Waals surface area (Å²) in [5.74, 6) is -2.04. The van der Waals surface area contributed by atoms with Gasteiger partial charge in [0, 0.05) is 51.8 Å². The Morgan fingerprint density at radius 1 is 1.10 bits per heavy atom. The Labute approximate surface area is 244 Å². The third kappa shape index (κ3) is 10.2. The number of aliphatic carboxylic acids is 1. The lowest BCUT2D eigenvalue weighted by Gasteiger charge is -2.36. The number of nitrogens with zero attached hydrogens (tertiary/aromatic N) is 4. The van der Waals surface area contributed by atoms with Crippen LogP contribution in [0.5, 0.6) is 0 Å². The van der Waals surface area contributed by atoms with E-state index in [1.54, 1.807) is 0 Å². The molecule has 0 saturated carbocycles. The summed E-state index contributed by atoms with van der Waals surface area (Å²) >= 11 is 1.35. The van der Waals surface area contributed by atoms with Crippen molar-refractivity contribution in [2.45, 2.75) is 45.1 Å². The number of carbonyl (C=O) groups excluding carboxylic acids is 2. The predicted octanol–water partition coefficient (Wildman–Crippen LogP) is 2.72. The molecule has 2 amide bonds. The number of carboxylic acid groups (broad SMARTS) is 1. The van der Waals surface area contributed by atoms with E-state index in [2.05, 4.69) is 22.1 Å². The molecule has 1 saturated heterocycles. The topological polar surface area (TPSA) is 164 Å². The summed E-state index contributed by atoms with van der Waals surface area (Å²) in [6, 6.07) is 8.01. The van der Waals surface area contributed by atoms with Crippen LogP contribution in [0.4, 0.5) is 5.00 Å². The van der Waals surface area contributed by atoms with E-state index in [0.717, 1.165) is 24.8 Å². The number of hydrogen-bond acceptors (Lipinski definition) is 8. The molecule has 226 valence electrons. The summed E-state index contributed by atoms with van der Waals surface area (Å²) in [5, 5.41) is 12.6. The van der Waals surface area contributed by atoms with Crippen LogP contribution in [0, 0.1) is 0 Å². The number of carboxylic acids is 1. The zero-order valence-corrected chi connectivity index (χ0v) is 25.3. The van der Waals surface area contributed by atoms with Crippen LogP contribution in [-0.2, 0) is 14.2 Å². The van der Waals surface area contributed by atoms with Crippen molar-refractivity contribution in [1.82, 2.24) is 20.1 Å². The molecule has 3 rings (SSSR count). The van der Waals surface area contributed by atoms with Crippen LogP contribution < -0.4 is 10.2 Å². The molecule has 0 radical (unpaired) electrons. The van der Waals surface area contributed by atoms with Crippen LogP contribution >= 0.6 is 18.9 Å². The van der Waals surface area contributed by atoms with E-state index in [4.69, 9.17) is 5.11 Å². The van der Waals surface area contributed by atoms with Crippen molar-refractivity contribution in [3.63, 3.8) is 0 Å². The average molecular weight is 610 g/mol. The quantitative estimate of drug-likeness (QED) is 0.174. The van der Waals surface area contributed by atoms with Gasteiger partial charge in [0.1, 0.15) is 16.1 Å². The number of anilines is 1. The van der Waals surface area contributed by atoms with Crippen molar-refractivity contribution < 1.29 is 33.8 Å². The molecule has 2 aromatic rings. The number of benzene rings is 1.